The summed E-state index contributed by atoms with van der Waals surface area (Å²) in [5.74, 6) is -1.46. The van der Waals surface area contributed by atoms with Gasteiger partial charge in [0, 0.05) is 26.2 Å². The molecule has 2 aromatic rings. The van der Waals surface area contributed by atoms with Crippen LogP contribution in [-0.2, 0) is 26.3 Å². The first kappa shape index (κ1) is 28.3. The maximum Gasteiger partial charge on any atom is 0.304 e. The standard InChI is InChI=1S/C25H35FN4O4S/c1-18-10-8-9-11-20(18)16-29(19(2)24(32)27-25(3,4)5)23(31)17-30(35(33,34)28(6)7)22-14-12-21(26)13-15-22/h8-15,19H,16-17H2,1-7H3,(H,27,32)/t19-/m1/s1. The third-order valence-electron chi connectivity index (χ3n) is 5.40. The Morgan fingerprint density at radius 1 is 1.03 bits per heavy atom. The molecule has 0 spiro atoms. The summed E-state index contributed by atoms with van der Waals surface area (Å²) in [6.45, 7) is 8.58. The summed E-state index contributed by atoms with van der Waals surface area (Å²) < 4.78 is 41.6. The molecule has 0 unspecified atom stereocenters. The predicted octanol–water partition coefficient (Wildman–Crippen LogP) is 3.08. The molecular formula is C25H35FN4O4S. The molecular weight excluding hydrogens is 471 g/mol. The largest absolute Gasteiger partial charge is 0.350 e. The van der Waals surface area contributed by atoms with Gasteiger partial charge in [0.15, 0.2) is 0 Å². The van der Waals surface area contributed by atoms with Crippen LogP contribution >= 0.6 is 0 Å². The van der Waals surface area contributed by atoms with E-state index in [9.17, 15) is 22.4 Å². The average molecular weight is 507 g/mol. The summed E-state index contributed by atoms with van der Waals surface area (Å²) in [5.41, 5.74) is 1.39. The van der Waals surface area contributed by atoms with E-state index in [1.165, 1.54) is 31.1 Å². The Bertz CT molecular complexity index is 1140. The molecule has 2 amide bonds. The van der Waals surface area contributed by atoms with Gasteiger partial charge in [0.05, 0.1) is 5.69 Å². The van der Waals surface area contributed by atoms with Crippen LogP contribution in [0.2, 0.25) is 0 Å². The lowest BCUT2D eigenvalue weighted by Gasteiger charge is -2.34. The molecule has 1 N–H and O–H groups in total. The molecule has 8 nitrogen and oxygen atoms in total. The van der Waals surface area contributed by atoms with Crippen LogP contribution in [0.3, 0.4) is 0 Å². The van der Waals surface area contributed by atoms with Crippen molar-refractivity contribution in [1.29, 1.82) is 0 Å². The van der Waals surface area contributed by atoms with Crippen molar-refractivity contribution >= 4 is 27.7 Å². The van der Waals surface area contributed by atoms with Crippen molar-refractivity contribution < 1.29 is 22.4 Å². The Labute approximate surface area is 207 Å². The molecule has 0 aliphatic heterocycles. The summed E-state index contributed by atoms with van der Waals surface area (Å²) in [5, 5.41) is 2.88. The molecule has 2 rings (SSSR count). The molecule has 0 saturated heterocycles. The number of hydrogen-bond acceptors (Lipinski definition) is 4. The van der Waals surface area contributed by atoms with Gasteiger partial charge in [-0.05, 0) is 70.0 Å². The van der Waals surface area contributed by atoms with E-state index < -0.39 is 40.1 Å². The molecule has 0 heterocycles. The first-order valence-electron chi connectivity index (χ1n) is 11.2. The van der Waals surface area contributed by atoms with Gasteiger partial charge in [0.2, 0.25) is 11.8 Å². The molecule has 0 bridgehead atoms. The minimum atomic E-state index is -4.09. The Morgan fingerprint density at radius 2 is 1.60 bits per heavy atom. The summed E-state index contributed by atoms with van der Waals surface area (Å²) in [6, 6.07) is 11.4. The van der Waals surface area contributed by atoms with Crippen LogP contribution in [0.1, 0.15) is 38.8 Å². The predicted molar refractivity (Wildman–Crippen MR) is 135 cm³/mol. The van der Waals surface area contributed by atoms with E-state index in [2.05, 4.69) is 5.32 Å². The van der Waals surface area contributed by atoms with E-state index in [1.807, 2.05) is 52.0 Å². The normalized spacial score (nSPS) is 12.8. The number of hydrogen-bond donors (Lipinski definition) is 1. The fraction of sp³-hybridized carbons (Fsp3) is 0.440. The van der Waals surface area contributed by atoms with Gasteiger partial charge in [-0.3, -0.25) is 9.59 Å². The van der Waals surface area contributed by atoms with Crippen molar-refractivity contribution in [2.24, 2.45) is 0 Å². The Kier molecular flexibility index (Phi) is 9.02. The second kappa shape index (κ2) is 11.2. The van der Waals surface area contributed by atoms with E-state index in [0.29, 0.717) is 0 Å². The fourth-order valence-corrected chi connectivity index (χ4v) is 4.41. The maximum atomic E-state index is 13.6. The first-order chi connectivity index (χ1) is 16.1. The zero-order valence-electron chi connectivity index (χ0n) is 21.4. The summed E-state index contributed by atoms with van der Waals surface area (Å²) in [6.07, 6.45) is 0. The number of nitrogens with zero attached hydrogens (tertiary/aromatic N) is 3. The van der Waals surface area contributed by atoms with Gasteiger partial charge in [-0.1, -0.05) is 24.3 Å². The lowest BCUT2D eigenvalue weighted by atomic mass is 10.1. The molecule has 0 aliphatic carbocycles. The number of carbonyl (C=O) groups excluding carboxylic acids is 2. The molecule has 35 heavy (non-hydrogen) atoms. The Hall–Kier alpha value is -2.98. The molecule has 1 atom stereocenters. The van der Waals surface area contributed by atoms with Gasteiger partial charge in [-0.25, -0.2) is 8.70 Å². The van der Waals surface area contributed by atoms with Crippen molar-refractivity contribution in [3.05, 3.63) is 65.5 Å². The van der Waals surface area contributed by atoms with Crippen LogP contribution in [0.4, 0.5) is 10.1 Å². The molecule has 192 valence electrons. The highest BCUT2D eigenvalue weighted by molar-refractivity contribution is 7.90. The van der Waals surface area contributed by atoms with Crippen LogP contribution < -0.4 is 9.62 Å². The molecule has 0 saturated carbocycles. The van der Waals surface area contributed by atoms with Crippen LogP contribution in [-0.4, -0.2) is 61.7 Å². The molecule has 0 fully saturated rings. The molecule has 2 aromatic carbocycles. The van der Waals surface area contributed by atoms with Crippen molar-refractivity contribution in [3.8, 4) is 0 Å². The highest BCUT2D eigenvalue weighted by atomic mass is 32.2. The first-order valence-corrected chi connectivity index (χ1v) is 12.6. The minimum Gasteiger partial charge on any atom is -0.350 e. The fourth-order valence-electron chi connectivity index (χ4n) is 3.35. The van der Waals surface area contributed by atoms with Gasteiger partial charge in [-0.2, -0.15) is 12.7 Å². The number of carbonyl (C=O) groups is 2. The number of halogens is 1. The number of aryl methyl sites for hydroxylation is 1. The van der Waals surface area contributed by atoms with Crippen LogP contribution in [0.15, 0.2) is 48.5 Å². The number of rotatable bonds is 9. The van der Waals surface area contributed by atoms with Gasteiger partial charge in [0.1, 0.15) is 18.4 Å². The van der Waals surface area contributed by atoms with Crippen molar-refractivity contribution in [2.75, 3.05) is 24.9 Å². The van der Waals surface area contributed by atoms with Gasteiger partial charge in [0.25, 0.3) is 0 Å². The van der Waals surface area contributed by atoms with Crippen LogP contribution in [0.5, 0.6) is 0 Å². The third-order valence-corrected chi connectivity index (χ3v) is 7.22. The van der Waals surface area contributed by atoms with E-state index in [-0.39, 0.29) is 18.1 Å². The highest BCUT2D eigenvalue weighted by Gasteiger charge is 2.33. The second-order valence-corrected chi connectivity index (χ2v) is 11.7. The average Bonchev–Trinajstić information content (AvgIpc) is 2.75. The second-order valence-electron chi connectivity index (χ2n) is 9.64. The number of nitrogens with one attached hydrogen (secondary N) is 1. The third kappa shape index (κ3) is 7.50. The summed E-state index contributed by atoms with van der Waals surface area (Å²) >= 11 is 0. The molecule has 0 aliphatic rings. The minimum absolute atomic E-state index is 0.115. The lowest BCUT2D eigenvalue weighted by molar-refractivity contribution is -0.140. The number of amides is 2. The van der Waals surface area contributed by atoms with Crippen molar-refractivity contribution in [1.82, 2.24) is 14.5 Å². The summed E-state index contributed by atoms with van der Waals surface area (Å²) in [7, 11) is -1.40. The van der Waals surface area contributed by atoms with Gasteiger partial charge < -0.3 is 10.2 Å². The van der Waals surface area contributed by atoms with Crippen molar-refractivity contribution in [2.45, 2.75) is 52.7 Å². The lowest BCUT2D eigenvalue weighted by Crippen LogP contribution is -2.55. The SMILES string of the molecule is Cc1ccccc1CN(C(=O)CN(c1ccc(F)cc1)S(=O)(=O)N(C)C)[C@H](C)C(=O)NC(C)(C)C. The highest BCUT2D eigenvalue weighted by Crippen LogP contribution is 2.22. The van der Waals surface area contributed by atoms with Crippen LogP contribution in [0, 0.1) is 12.7 Å². The monoisotopic (exact) mass is 506 g/mol. The molecule has 0 radical (unpaired) electrons. The summed E-state index contributed by atoms with van der Waals surface area (Å²) in [4.78, 5) is 28.0. The van der Waals surface area contributed by atoms with Crippen LogP contribution in [0.25, 0.3) is 0 Å². The van der Waals surface area contributed by atoms with E-state index in [4.69, 9.17) is 0 Å². The maximum absolute atomic E-state index is 13.6. The topological polar surface area (TPSA) is 90.0 Å². The number of anilines is 1. The molecule has 0 aromatic heterocycles. The van der Waals surface area contributed by atoms with E-state index in [1.54, 1.807) is 6.92 Å². The quantitative estimate of drug-likeness (QED) is 0.566. The Balaban J connectivity index is 2.48. The van der Waals surface area contributed by atoms with Gasteiger partial charge >= 0.3 is 10.2 Å². The zero-order valence-corrected chi connectivity index (χ0v) is 22.2. The van der Waals surface area contributed by atoms with E-state index in [0.717, 1.165) is 31.9 Å². The van der Waals surface area contributed by atoms with Gasteiger partial charge in [-0.15, -0.1) is 0 Å². The zero-order chi connectivity index (χ0) is 26.6. The van der Waals surface area contributed by atoms with Crippen molar-refractivity contribution in [3.63, 3.8) is 0 Å². The Morgan fingerprint density at radius 3 is 2.11 bits per heavy atom. The van der Waals surface area contributed by atoms with E-state index >= 15 is 0 Å². The number of benzene rings is 2. The molecule has 10 heteroatoms. The smallest absolute Gasteiger partial charge is 0.304 e.